The highest BCUT2D eigenvalue weighted by molar-refractivity contribution is 7.89. The molecular weight excluding hydrogens is 306 g/mol. The van der Waals surface area contributed by atoms with Crippen molar-refractivity contribution in [3.8, 4) is 0 Å². The Morgan fingerprint density at radius 1 is 1.26 bits per heavy atom. The van der Waals surface area contributed by atoms with Crippen LogP contribution < -0.4 is 4.72 Å². The monoisotopic (exact) mass is 317 g/mol. The van der Waals surface area contributed by atoms with Crippen LogP contribution >= 0.6 is 22.9 Å². The van der Waals surface area contributed by atoms with Crippen molar-refractivity contribution in [1.29, 1.82) is 0 Å². The van der Waals surface area contributed by atoms with E-state index in [1.165, 1.54) is 35.6 Å². The summed E-state index contributed by atoms with van der Waals surface area (Å²) in [5.41, 5.74) is 0. The number of aliphatic hydroxyl groups excluding tert-OH is 1. The van der Waals surface area contributed by atoms with Crippen molar-refractivity contribution in [2.75, 3.05) is 6.54 Å². The molecule has 0 spiro atoms. The predicted molar refractivity (Wildman–Crippen MR) is 75.9 cm³/mol. The zero-order valence-electron chi connectivity index (χ0n) is 9.78. The summed E-state index contributed by atoms with van der Waals surface area (Å²) < 4.78 is 26.3. The van der Waals surface area contributed by atoms with E-state index in [2.05, 4.69) is 4.72 Å². The van der Waals surface area contributed by atoms with Gasteiger partial charge in [0.15, 0.2) is 0 Å². The van der Waals surface area contributed by atoms with Crippen LogP contribution in [0.4, 0.5) is 0 Å². The zero-order valence-corrected chi connectivity index (χ0v) is 12.2. The Balaban J connectivity index is 2.04. The highest BCUT2D eigenvalue weighted by Gasteiger charge is 2.16. The second-order valence-electron chi connectivity index (χ2n) is 3.84. The van der Waals surface area contributed by atoms with Gasteiger partial charge in [-0.05, 0) is 35.7 Å². The van der Waals surface area contributed by atoms with Gasteiger partial charge in [0.25, 0.3) is 0 Å². The van der Waals surface area contributed by atoms with Crippen LogP contribution in [0.1, 0.15) is 11.0 Å². The van der Waals surface area contributed by atoms with E-state index in [9.17, 15) is 13.5 Å². The molecule has 0 aliphatic heterocycles. The van der Waals surface area contributed by atoms with Crippen LogP contribution in [0.2, 0.25) is 5.02 Å². The highest BCUT2D eigenvalue weighted by atomic mass is 35.5. The third-order valence-electron chi connectivity index (χ3n) is 2.46. The Morgan fingerprint density at radius 3 is 2.53 bits per heavy atom. The Kier molecular flexibility index (Phi) is 4.59. The maximum absolute atomic E-state index is 12.0. The molecule has 0 aliphatic carbocycles. The van der Waals surface area contributed by atoms with Gasteiger partial charge >= 0.3 is 0 Å². The molecule has 0 amide bonds. The molecule has 0 aliphatic rings. The molecule has 1 heterocycles. The minimum Gasteiger partial charge on any atom is -0.386 e. The van der Waals surface area contributed by atoms with Gasteiger partial charge in [-0.15, -0.1) is 11.3 Å². The second-order valence-corrected chi connectivity index (χ2v) is 7.02. The molecular formula is C12H12ClNO3S2. The molecule has 0 bridgehead atoms. The van der Waals surface area contributed by atoms with Gasteiger partial charge in [-0.2, -0.15) is 0 Å². The molecule has 0 radical (unpaired) electrons. The summed E-state index contributed by atoms with van der Waals surface area (Å²) in [4.78, 5) is 0.842. The Labute approximate surface area is 120 Å². The standard InChI is InChI=1S/C12H12ClNO3S2/c13-9-3-5-10(6-4-9)19(16,17)14-8-11(15)12-2-1-7-18-12/h1-7,11,14-15H,8H2. The lowest BCUT2D eigenvalue weighted by molar-refractivity contribution is 0.186. The van der Waals surface area contributed by atoms with E-state index in [0.717, 1.165) is 4.88 Å². The lowest BCUT2D eigenvalue weighted by Gasteiger charge is -2.10. The lowest BCUT2D eigenvalue weighted by atomic mass is 10.3. The fraction of sp³-hybridized carbons (Fsp3) is 0.167. The molecule has 1 unspecified atom stereocenters. The van der Waals surface area contributed by atoms with E-state index in [4.69, 9.17) is 11.6 Å². The highest BCUT2D eigenvalue weighted by Crippen LogP contribution is 2.19. The topological polar surface area (TPSA) is 66.4 Å². The van der Waals surface area contributed by atoms with Crippen LogP contribution in [0.25, 0.3) is 0 Å². The minimum atomic E-state index is -3.63. The zero-order chi connectivity index (χ0) is 13.9. The quantitative estimate of drug-likeness (QED) is 0.890. The van der Waals surface area contributed by atoms with Crippen LogP contribution in [0.5, 0.6) is 0 Å². The van der Waals surface area contributed by atoms with Crippen LogP contribution in [-0.2, 0) is 10.0 Å². The molecule has 0 saturated heterocycles. The predicted octanol–water partition coefficient (Wildman–Crippen LogP) is 2.41. The third kappa shape index (κ3) is 3.77. The number of thiophene rings is 1. The Morgan fingerprint density at radius 2 is 1.95 bits per heavy atom. The van der Waals surface area contributed by atoms with Crippen molar-refractivity contribution in [3.63, 3.8) is 0 Å². The molecule has 102 valence electrons. The molecule has 1 aromatic carbocycles. The van der Waals surface area contributed by atoms with E-state index < -0.39 is 16.1 Å². The van der Waals surface area contributed by atoms with Crippen LogP contribution in [-0.4, -0.2) is 20.1 Å². The number of hydrogen-bond acceptors (Lipinski definition) is 4. The summed E-state index contributed by atoms with van der Waals surface area (Å²) in [5, 5.41) is 12.1. The minimum absolute atomic E-state index is 0.0640. The van der Waals surface area contributed by atoms with E-state index in [1.54, 1.807) is 12.1 Å². The van der Waals surface area contributed by atoms with E-state index in [1.807, 2.05) is 5.38 Å². The van der Waals surface area contributed by atoms with Gasteiger partial charge in [0.1, 0.15) is 6.10 Å². The Bertz CT molecular complexity index is 624. The third-order valence-corrected chi connectivity index (χ3v) is 5.13. The van der Waals surface area contributed by atoms with Gasteiger partial charge in [-0.25, -0.2) is 13.1 Å². The van der Waals surface area contributed by atoms with Gasteiger partial charge in [0.05, 0.1) is 4.90 Å². The summed E-state index contributed by atoms with van der Waals surface area (Å²) in [5.74, 6) is 0. The molecule has 4 nitrogen and oxygen atoms in total. The van der Waals surface area contributed by atoms with Crippen molar-refractivity contribution in [3.05, 3.63) is 51.7 Å². The van der Waals surface area contributed by atoms with Gasteiger partial charge in [0.2, 0.25) is 10.0 Å². The van der Waals surface area contributed by atoms with Crippen molar-refractivity contribution in [1.82, 2.24) is 4.72 Å². The molecule has 0 fully saturated rings. The first kappa shape index (κ1) is 14.5. The van der Waals surface area contributed by atoms with Crippen LogP contribution in [0.15, 0.2) is 46.7 Å². The maximum atomic E-state index is 12.0. The summed E-state index contributed by atoms with van der Waals surface area (Å²) in [6, 6.07) is 9.41. The lowest BCUT2D eigenvalue weighted by Crippen LogP contribution is -2.28. The number of hydrogen-bond donors (Lipinski definition) is 2. The fourth-order valence-electron chi connectivity index (χ4n) is 1.47. The second kappa shape index (κ2) is 6.02. The summed E-state index contributed by atoms with van der Waals surface area (Å²) >= 11 is 7.08. The number of nitrogens with one attached hydrogen (secondary N) is 1. The molecule has 7 heteroatoms. The first-order chi connectivity index (χ1) is 8.99. The summed E-state index contributed by atoms with van der Waals surface area (Å²) in [7, 11) is -3.63. The van der Waals surface area contributed by atoms with Crippen molar-refractivity contribution in [2.24, 2.45) is 0 Å². The SMILES string of the molecule is O=S(=O)(NCC(O)c1cccs1)c1ccc(Cl)cc1. The number of halogens is 1. The van der Waals surface area contributed by atoms with Crippen molar-refractivity contribution in [2.45, 2.75) is 11.0 Å². The van der Waals surface area contributed by atoms with Gasteiger partial charge in [-0.3, -0.25) is 0 Å². The summed E-state index contributed by atoms with van der Waals surface area (Å²) in [6.45, 7) is -0.0640. The number of aliphatic hydroxyl groups is 1. The first-order valence-corrected chi connectivity index (χ1v) is 8.20. The Hall–Kier alpha value is -0.920. The molecule has 0 saturated carbocycles. The van der Waals surface area contributed by atoms with Gasteiger partial charge in [-0.1, -0.05) is 17.7 Å². The van der Waals surface area contributed by atoms with E-state index in [0.29, 0.717) is 5.02 Å². The molecule has 1 atom stereocenters. The van der Waals surface area contributed by atoms with Crippen molar-refractivity contribution >= 4 is 33.0 Å². The van der Waals surface area contributed by atoms with E-state index in [-0.39, 0.29) is 11.4 Å². The average molecular weight is 318 g/mol. The number of rotatable bonds is 5. The molecule has 1 aromatic heterocycles. The summed E-state index contributed by atoms with van der Waals surface area (Å²) in [6.07, 6.45) is -0.845. The average Bonchev–Trinajstić information content (AvgIpc) is 2.90. The van der Waals surface area contributed by atoms with Gasteiger partial charge < -0.3 is 5.11 Å². The first-order valence-electron chi connectivity index (χ1n) is 5.46. The maximum Gasteiger partial charge on any atom is 0.240 e. The van der Waals surface area contributed by atoms with Gasteiger partial charge in [0, 0.05) is 16.4 Å². The largest absolute Gasteiger partial charge is 0.386 e. The number of benzene rings is 1. The smallest absolute Gasteiger partial charge is 0.240 e. The van der Waals surface area contributed by atoms with Crippen LogP contribution in [0, 0.1) is 0 Å². The number of sulfonamides is 1. The van der Waals surface area contributed by atoms with E-state index >= 15 is 0 Å². The molecule has 2 aromatic rings. The fourth-order valence-corrected chi connectivity index (χ4v) is 3.34. The molecule has 2 rings (SSSR count). The van der Waals surface area contributed by atoms with Crippen LogP contribution in [0.3, 0.4) is 0 Å². The van der Waals surface area contributed by atoms with Crippen molar-refractivity contribution < 1.29 is 13.5 Å². The molecule has 2 N–H and O–H groups in total. The molecule has 19 heavy (non-hydrogen) atoms. The normalized spacial score (nSPS) is 13.4.